The predicted molar refractivity (Wildman–Crippen MR) is 68.7 cm³/mol. The zero-order valence-electron chi connectivity index (χ0n) is 10.9. The van der Waals surface area contributed by atoms with Gasteiger partial charge in [-0.05, 0) is 37.6 Å². The second-order valence-electron chi connectivity index (χ2n) is 4.95. The topological polar surface area (TPSA) is 49.8 Å². The van der Waals surface area contributed by atoms with Gasteiger partial charge in [0.05, 0.1) is 11.7 Å². The van der Waals surface area contributed by atoms with Gasteiger partial charge in [0.25, 0.3) is 0 Å². The number of benzene rings is 1. The molecule has 0 aromatic heterocycles. The standard InChI is InChI=1S/C14H18FNO3/c1-16(9-11-3-2-6-19-11)8-10-4-5-13(15)12(7-10)14(17)18/h4-5,7,11H,2-3,6,8-9H2,1H3,(H,17,18). The van der Waals surface area contributed by atoms with Crippen LogP contribution in [0.15, 0.2) is 18.2 Å². The first-order chi connectivity index (χ1) is 9.06. The van der Waals surface area contributed by atoms with Crippen LogP contribution in [0.4, 0.5) is 4.39 Å². The number of nitrogens with zero attached hydrogens (tertiary/aromatic N) is 1. The van der Waals surface area contributed by atoms with E-state index in [0.717, 1.165) is 31.6 Å². The van der Waals surface area contributed by atoms with E-state index in [4.69, 9.17) is 9.84 Å². The molecular formula is C14H18FNO3. The number of carboxylic acids is 1. The van der Waals surface area contributed by atoms with Crippen LogP contribution in [0.5, 0.6) is 0 Å². The second-order valence-corrected chi connectivity index (χ2v) is 4.95. The van der Waals surface area contributed by atoms with Gasteiger partial charge in [-0.15, -0.1) is 0 Å². The molecule has 1 aromatic carbocycles. The van der Waals surface area contributed by atoms with E-state index in [1.807, 2.05) is 7.05 Å². The van der Waals surface area contributed by atoms with Crippen molar-refractivity contribution in [1.29, 1.82) is 0 Å². The fourth-order valence-electron chi connectivity index (χ4n) is 2.35. The van der Waals surface area contributed by atoms with E-state index in [0.29, 0.717) is 6.54 Å². The third-order valence-electron chi connectivity index (χ3n) is 3.25. The highest BCUT2D eigenvalue weighted by atomic mass is 19.1. The smallest absolute Gasteiger partial charge is 0.338 e. The van der Waals surface area contributed by atoms with Crippen LogP contribution in [0.25, 0.3) is 0 Å². The van der Waals surface area contributed by atoms with Crippen LogP contribution in [0.3, 0.4) is 0 Å². The fraction of sp³-hybridized carbons (Fsp3) is 0.500. The number of carboxylic acid groups (broad SMARTS) is 1. The second kappa shape index (κ2) is 6.12. The zero-order chi connectivity index (χ0) is 13.8. The van der Waals surface area contributed by atoms with Gasteiger partial charge in [-0.1, -0.05) is 6.07 Å². The molecule has 104 valence electrons. The van der Waals surface area contributed by atoms with Crippen molar-refractivity contribution in [2.24, 2.45) is 0 Å². The third kappa shape index (κ3) is 3.75. The Morgan fingerprint density at radius 3 is 3.00 bits per heavy atom. The maximum atomic E-state index is 13.3. The van der Waals surface area contributed by atoms with Gasteiger partial charge < -0.3 is 9.84 Å². The molecule has 2 rings (SSSR count). The monoisotopic (exact) mass is 267 g/mol. The van der Waals surface area contributed by atoms with Crippen LogP contribution in [-0.4, -0.2) is 42.3 Å². The lowest BCUT2D eigenvalue weighted by atomic mass is 10.1. The maximum Gasteiger partial charge on any atom is 0.338 e. The summed E-state index contributed by atoms with van der Waals surface area (Å²) in [6.07, 6.45) is 2.41. The largest absolute Gasteiger partial charge is 0.478 e. The highest BCUT2D eigenvalue weighted by Gasteiger charge is 2.18. The number of halogens is 1. The minimum atomic E-state index is -1.24. The molecular weight excluding hydrogens is 249 g/mol. The Kier molecular flexibility index (Phi) is 4.50. The summed E-state index contributed by atoms with van der Waals surface area (Å²) in [4.78, 5) is 12.9. The Morgan fingerprint density at radius 1 is 1.58 bits per heavy atom. The summed E-state index contributed by atoms with van der Waals surface area (Å²) in [5.41, 5.74) is 0.516. The molecule has 1 N–H and O–H groups in total. The first-order valence-corrected chi connectivity index (χ1v) is 6.38. The summed E-state index contributed by atoms with van der Waals surface area (Å²) in [6, 6.07) is 4.22. The molecule has 5 heteroatoms. The Bertz CT molecular complexity index is 458. The Balaban J connectivity index is 1.98. The van der Waals surface area contributed by atoms with Gasteiger partial charge in [0, 0.05) is 19.7 Å². The highest BCUT2D eigenvalue weighted by Crippen LogP contribution is 2.15. The molecule has 0 saturated carbocycles. The van der Waals surface area contributed by atoms with E-state index in [-0.39, 0.29) is 11.7 Å². The molecule has 0 radical (unpaired) electrons. The van der Waals surface area contributed by atoms with E-state index in [2.05, 4.69) is 4.90 Å². The molecule has 0 amide bonds. The molecule has 1 aliphatic rings. The van der Waals surface area contributed by atoms with Crippen LogP contribution in [0, 0.1) is 5.82 Å². The lowest BCUT2D eigenvalue weighted by molar-refractivity contribution is 0.0690. The number of rotatable bonds is 5. The molecule has 1 heterocycles. The quantitative estimate of drug-likeness (QED) is 0.888. The molecule has 0 spiro atoms. The van der Waals surface area contributed by atoms with E-state index in [1.54, 1.807) is 6.07 Å². The number of likely N-dealkylation sites (N-methyl/N-ethyl adjacent to an activating group) is 1. The maximum absolute atomic E-state index is 13.3. The van der Waals surface area contributed by atoms with Gasteiger partial charge in [0.15, 0.2) is 0 Å². The van der Waals surface area contributed by atoms with E-state index in [9.17, 15) is 9.18 Å². The number of hydrogen-bond acceptors (Lipinski definition) is 3. The van der Waals surface area contributed by atoms with Gasteiger partial charge >= 0.3 is 5.97 Å². The van der Waals surface area contributed by atoms with Gasteiger partial charge in [-0.25, -0.2) is 9.18 Å². The molecule has 1 aliphatic heterocycles. The van der Waals surface area contributed by atoms with Crippen molar-refractivity contribution in [3.63, 3.8) is 0 Å². The van der Waals surface area contributed by atoms with Crippen molar-refractivity contribution in [3.05, 3.63) is 35.1 Å². The van der Waals surface area contributed by atoms with Gasteiger partial charge in [0.2, 0.25) is 0 Å². The van der Waals surface area contributed by atoms with Crippen molar-refractivity contribution >= 4 is 5.97 Å². The molecule has 1 atom stereocenters. The van der Waals surface area contributed by atoms with Crippen LogP contribution in [0.2, 0.25) is 0 Å². The highest BCUT2D eigenvalue weighted by molar-refractivity contribution is 5.88. The number of carbonyl (C=O) groups is 1. The van der Waals surface area contributed by atoms with E-state index in [1.165, 1.54) is 12.1 Å². The lowest BCUT2D eigenvalue weighted by Crippen LogP contribution is -2.28. The fourth-order valence-corrected chi connectivity index (χ4v) is 2.35. The molecule has 19 heavy (non-hydrogen) atoms. The summed E-state index contributed by atoms with van der Waals surface area (Å²) in [6.45, 7) is 2.21. The molecule has 4 nitrogen and oxygen atoms in total. The van der Waals surface area contributed by atoms with Crippen LogP contribution in [0.1, 0.15) is 28.8 Å². The minimum absolute atomic E-state index is 0.254. The van der Waals surface area contributed by atoms with Crippen LogP contribution >= 0.6 is 0 Å². The normalized spacial score (nSPS) is 19.0. The van der Waals surface area contributed by atoms with Crippen LogP contribution < -0.4 is 0 Å². The predicted octanol–water partition coefficient (Wildman–Crippen LogP) is 2.13. The van der Waals surface area contributed by atoms with Crippen LogP contribution in [-0.2, 0) is 11.3 Å². The zero-order valence-corrected chi connectivity index (χ0v) is 10.9. The van der Waals surface area contributed by atoms with Crippen molar-refractivity contribution in [3.8, 4) is 0 Å². The molecule has 0 aliphatic carbocycles. The summed E-state index contributed by atoms with van der Waals surface area (Å²) in [5.74, 6) is -1.93. The van der Waals surface area contributed by atoms with Crippen molar-refractivity contribution in [1.82, 2.24) is 4.90 Å². The number of aromatic carboxylic acids is 1. The summed E-state index contributed by atoms with van der Waals surface area (Å²) in [5, 5.41) is 8.88. The first-order valence-electron chi connectivity index (χ1n) is 6.38. The molecule has 1 fully saturated rings. The summed E-state index contributed by atoms with van der Waals surface area (Å²) >= 11 is 0. The average molecular weight is 267 g/mol. The van der Waals surface area contributed by atoms with Gasteiger partial charge in [0.1, 0.15) is 5.82 Å². The first kappa shape index (κ1) is 14.0. The molecule has 1 unspecified atom stereocenters. The summed E-state index contributed by atoms with van der Waals surface area (Å²) in [7, 11) is 1.95. The third-order valence-corrected chi connectivity index (χ3v) is 3.25. The molecule has 1 saturated heterocycles. The SMILES string of the molecule is CN(Cc1ccc(F)c(C(=O)O)c1)CC1CCCO1. The molecule has 0 bridgehead atoms. The van der Waals surface area contributed by atoms with Gasteiger partial charge in [-0.3, -0.25) is 4.90 Å². The van der Waals surface area contributed by atoms with Crippen molar-refractivity contribution < 1.29 is 19.0 Å². The van der Waals surface area contributed by atoms with E-state index >= 15 is 0 Å². The Morgan fingerprint density at radius 2 is 2.37 bits per heavy atom. The van der Waals surface area contributed by atoms with E-state index < -0.39 is 11.8 Å². The minimum Gasteiger partial charge on any atom is -0.478 e. The lowest BCUT2D eigenvalue weighted by Gasteiger charge is -2.20. The number of hydrogen-bond donors (Lipinski definition) is 1. The summed E-state index contributed by atoms with van der Waals surface area (Å²) < 4.78 is 18.8. The molecule has 1 aromatic rings. The Labute approximate surface area is 111 Å². The number of ether oxygens (including phenoxy) is 1. The average Bonchev–Trinajstić information content (AvgIpc) is 2.84. The Hall–Kier alpha value is -1.46. The van der Waals surface area contributed by atoms with Crippen molar-refractivity contribution in [2.45, 2.75) is 25.5 Å². The van der Waals surface area contributed by atoms with Gasteiger partial charge in [-0.2, -0.15) is 0 Å². The van der Waals surface area contributed by atoms with Crippen molar-refractivity contribution in [2.75, 3.05) is 20.2 Å².